The number of hydrogen-bond donors (Lipinski definition) is 2. The van der Waals surface area contributed by atoms with Gasteiger partial charge in [0.15, 0.2) is 0 Å². The second kappa shape index (κ2) is 16.3. The molecule has 0 bridgehead atoms. The Hall–Kier alpha value is -5.46. The highest BCUT2D eigenvalue weighted by Gasteiger charge is 2.42. The van der Waals surface area contributed by atoms with E-state index in [9.17, 15) is 19.8 Å². The Labute approximate surface area is 328 Å². The highest BCUT2D eigenvalue weighted by atomic mass is 16.5. The summed E-state index contributed by atoms with van der Waals surface area (Å²) in [6.07, 6.45) is 0. The van der Waals surface area contributed by atoms with Crippen molar-refractivity contribution in [2.24, 2.45) is 24.9 Å². The zero-order valence-corrected chi connectivity index (χ0v) is 34.6. The Kier molecular flexibility index (Phi) is 12.2. The van der Waals surface area contributed by atoms with Gasteiger partial charge in [-0.05, 0) is 123 Å². The van der Waals surface area contributed by atoms with E-state index < -0.39 is 10.8 Å². The summed E-state index contributed by atoms with van der Waals surface area (Å²) >= 11 is 0. The molecule has 0 saturated carbocycles. The fraction of sp³-hybridized carbons (Fsp3) is 0.409. The lowest BCUT2D eigenvalue weighted by atomic mass is 9.69. The summed E-state index contributed by atoms with van der Waals surface area (Å²) in [5.41, 5.74) is 11.5. The van der Waals surface area contributed by atoms with Crippen LogP contribution in [0.3, 0.4) is 0 Å². The summed E-state index contributed by atoms with van der Waals surface area (Å²) in [7, 11) is 6.54. The number of aliphatic hydroxyl groups is 2. The number of rotatable bonds is 10. The van der Waals surface area contributed by atoms with Gasteiger partial charge in [-0.1, -0.05) is 59.0 Å². The van der Waals surface area contributed by atoms with Gasteiger partial charge in [-0.15, -0.1) is 10.2 Å². The van der Waals surface area contributed by atoms with Crippen LogP contribution in [0.2, 0.25) is 0 Å². The third kappa shape index (κ3) is 7.55. The molecule has 0 radical (unpaired) electrons. The number of methoxy groups -OCH3 is 2. The normalized spacial score (nSPS) is 13.0. The fourth-order valence-corrected chi connectivity index (χ4v) is 7.94. The Bertz CT molecular complexity index is 2240. The summed E-state index contributed by atoms with van der Waals surface area (Å²) in [5, 5.41) is 36.3. The van der Waals surface area contributed by atoms with Gasteiger partial charge >= 0.3 is 11.9 Å². The van der Waals surface area contributed by atoms with Gasteiger partial charge in [0.2, 0.25) is 0 Å². The monoisotopic (exact) mass is 762 g/mol. The van der Waals surface area contributed by atoms with Crippen LogP contribution in [0.1, 0.15) is 95.2 Å². The van der Waals surface area contributed by atoms with Crippen LogP contribution in [0.5, 0.6) is 0 Å². The molecule has 4 aromatic carbocycles. The summed E-state index contributed by atoms with van der Waals surface area (Å²) in [6.45, 7) is 15.4. The molecule has 0 amide bonds. The maximum absolute atomic E-state index is 12.7. The number of ether oxygens (including phenoxy) is 2. The number of benzene rings is 4. The minimum atomic E-state index is -0.822. The number of aryl methyl sites for hydroxylation is 6. The largest absolute Gasteiger partial charge is 0.469 e. The van der Waals surface area contributed by atoms with Gasteiger partial charge in [0, 0.05) is 25.9 Å². The van der Waals surface area contributed by atoms with Gasteiger partial charge in [0.1, 0.15) is 11.0 Å². The predicted molar refractivity (Wildman–Crippen MR) is 216 cm³/mol. The topological polar surface area (TPSA) is 154 Å². The highest BCUT2D eigenvalue weighted by molar-refractivity contribution is 5.83. The fourth-order valence-electron chi connectivity index (χ4n) is 7.94. The molecular weight excluding hydrogens is 709 g/mol. The van der Waals surface area contributed by atoms with Crippen LogP contribution in [0.4, 0.5) is 0 Å². The number of fused-ring (bicyclic) bond motifs is 2. The van der Waals surface area contributed by atoms with Crippen molar-refractivity contribution in [1.82, 2.24) is 30.0 Å². The molecule has 2 atom stereocenters. The van der Waals surface area contributed by atoms with Crippen molar-refractivity contribution < 1.29 is 29.3 Å². The Morgan fingerprint density at radius 3 is 1.30 bits per heavy atom. The molecular formula is C44H54N6O6. The van der Waals surface area contributed by atoms with Crippen LogP contribution < -0.4 is 0 Å². The van der Waals surface area contributed by atoms with Crippen LogP contribution in [0.15, 0.2) is 60.7 Å². The van der Waals surface area contributed by atoms with E-state index in [1.807, 2.05) is 130 Å². The molecule has 6 rings (SSSR count). The van der Waals surface area contributed by atoms with Crippen LogP contribution in [-0.4, -0.2) is 66.4 Å². The zero-order valence-electron chi connectivity index (χ0n) is 34.6. The van der Waals surface area contributed by atoms with E-state index in [2.05, 4.69) is 20.6 Å². The lowest BCUT2D eigenvalue weighted by molar-refractivity contribution is -0.152. The molecule has 2 aromatic heterocycles. The Balaban J connectivity index is 0.000000214. The molecule has 0 fully saturated rings. The van der Waals surface area contributed by atoms with Gasteiger partial charge < -0.3 is 19.7 Å². The highest BCUT2D eigenvalue weighted by Crippen LogP contribution is 2.46. The summed E-state index contributed by atoms with van der Waals surface area (Å²) in [6, 6.07) is 20.0. The van der Waals surface area contributed by atoms with Gasteiger partial charge in [0.25, 0.3) is 0 Å². The molecule has 12 nitrogen and oxygen atoms in total. The van der Waals surface area contributed by atoms with E-state index in [1.165, 1.54) is 14.2 Å². The Morgan fingerprint density at radius 2 is 0.982 bits per heavy atom. The first-order chi connectivity index (χ1) is 26.4. The van der Waals surface area contributed by atoms with Crippen molar-refractivity contribution in [2.45, 2.75) is 80.4 Å². The molecule has 296 valence electrons. The van der Waals surface area contributed by atoms with E-state index in [0.717, 1.165) is 77.7 Å². The minimum Gasteiger partial charge on any atom is -0.469 e. The maximum atomic E-state index is 12.7. The Morgan fingerprint density at radius 1 is 0.625 bits per heavy atom. The first-order valence-electron chi connectivity index (χ1n) is 18.6. The second-order valence-electron chi connectivity index (χ2n) is 15.7. The van der Waals surface area contributed by atoms with Crippen molar-refractivity contribution in [3.05, 3.63) is 116 Å². The molecule has 0 aliphatic rings. The molecule has 0 aliphatic carbocycles. The average Bonchev–Trinajstić information content (AvgIpc) is 3.76. The first kappa shape index (κ1) is 41.7. The smallest absolute Gasteiger partial charge is 0.312 e. The molecule has 56 heavy (non-hydrogen) atoms. The van der Waals surface area contributed by atoms with Crippen molar-refractivity contribution in [2.75, 3.05) is 14.2 Å². The number of hydrogen-bond acceptors (Lipinski definition) is 10. The van der Waals surface area contributed by atoms with Crippen molar-refractivity contribution in [3.8, 4) is 0 Å². The molecule has 0 saturated heterocycles. The molecule has 0 unspecified atom stereocenters. The van der Waals surface area contributed by atoms with Crippen molar-refractivity contribution in [3.63, 3.8) is 0 Å². The van der Waals surface area contributed by atoms with E-state index in [4.69, 9.17) is 9.47 Å². The number of carbonyl (C=O) groups excluding carboxylic acids is 2. The SMILES string of the molecule is COC(=O)C(C)(C)[C@@H](c1ccc(C)c(CO)c1)c1ccc2c(nnn2C)c1C.COC(=O)C(C)(C)[C@H](c1ccc(C)c(CO)c1)c1ccc2c(nnn2C)c1C. The third-order valence-corrected chi connectivity index (χ3v) is 11.4. The van der Waals surface area contributed by atoms with Gasteiger partial charge in [-0.2, -0.15) is 0 Å². The summed E-state index contributed by atoms with van der Waals surface area (Å²) in [4.78, 5) is 25.4. The van der Waals surface area contributed by atoms with Gasteiger partial charge in [0.05, 0.1) is 49.3 Å². The van der Waals surface area contributed by atoms with E-state index >= 15 is 0 Å². The minimum absolute atomic E-state index is 0.0484. The third-order valence-electron chi connectivity index (χ3n) is 11.4. The number of aromatic nitrogens is 6. The molecule has 12 heteroatoms. The quantitative estimate of drug-likeness (QED) is 0.142. The number of esters is 2. The first-order valence-corrected chi connectivity index (χ1v) is 18.6. The molecule has 6 aromatic rings. The molecule has 2 heterocycles. The predicted octanol–water partition coefficient (Wildman–Crippen LogP) is 6.82. The zero-order chi connectivity index (χ0) is 41.3. The van der Waals surface area contributed by atoms with E-state index in [1.54, 1.807) is 9.36 Å². The van der Waals surface area contributed by atoms with Crippen molar-refractivity contribution >= 4 is 34.0 Å². The van der Waals surface area contributed by atoms with E-state index in [-0.39, 0.29) is 37.0 Å². The molecule has 0 aliphatic heterocycles. The lowest BCUT2D eigenvalue weighted by Crippen LogP contribution is -2.34. The number of nitrogens with zero attached hydrogens (tertiary/aromatic N) is 6. The van der Waals surface area contributed by atoms with Crippen LogP contribution >= 0.6 is 0 Å². The second-order valence-corrected chi connectivity index (χ2v) is 15.7. The number of aliphatic hydroxyl groups excluding tert-OH is 2. The number of carbonyl (C=O) groups is 2. The van der Waals surface area contributed by atoms with Crippen molar-refractivity contribution in [1.29, 1.82) is 0 Å². The van der Waals surface area contributed by atoms with Gasteiger partial charge in [-0.25, -0.2) is 9.36 Å². The molecule has 2 N–H and O–H groups in total. The lowest BCUT2D eigenvalue weighted by Gasteiger charge is -2.34. The maximum Gasteiger partial charge on any atom is 0.312 e. The van der Waals surface area contributed by atoms with E-state index in [0.29, 0.717) is 0 Å². The average molecular weight is 763 g/mol. The summed E-state index contributed by atoms with van der Waals surface area (Å²) < 4.78 is 13.7. The molecule has 0 spiro atoms. The van der Waals surface area contributed by atoms with Gasteiger partial charge in [-0.3, -0.25) is 9.59 Å². The standard InChI is InChI=1S/2C22H27N3O3/c2*1-13-7-8-15(11-16(13)12-26)19(22(3,4)21(27)28-6)17-9-10-18-20(14(17)2)23-24-25(18)5/h2*7-11,19,26H,12H2,1-6H3/t2*19-/m10/s1. The van der Waals surface area contributed by atoms with Crippen LogP contribution in [0, 0.1) is 38.5 Å². The van der Waals surface area contributed by atoms with Crippen LogP contribution in [-0.2, 0) is 46.4 Å². The summed E-state index contributed by atoms with van der Waals surface area (Å²) in [5.74, 6) is -1.11. The van der Waals surface area contributed by atoms with Crippen LogP contribution in [0.25, 0.3) is 22.1 Å².